The first-order chi connectivity index (χ1) is 21.2. The molecule has 1 aliphatic heterocycles. The van der Waals surface area contributed by atoms with Crippen LogP contribution < -0.4 is 20.9 Å². The number of aliphatic hydroxyl groups excluding tert-OH is 2. The molecule has 3 heterocycles. The van der Waals surface area contributed by atoms with Crippen LogP contribution in [0.25, 0.3) is 21.9 Å². The maximum atomic E-state index is 14.8. The van der Waals surface area contributed by atoms with Crippen LogP contribution in [0, 0.1) is 0 Å². The highest BCUT2D eigenvalue weighted by molar-refractivity contribution is 7.52. The van der Waals surface area contributed by atoms with E-state index in [1.165, 1.54) is 13.0 Å². The fourth-order valence-electron chi connectivity index (χ4n) is 4.83. The van der Waals surface area contributed by atoms with Gasteiger partial charge in [0.05, 0.1) is 19.0 Å². The van der Waals surface area contributed by atoms with E-state index >= 15 is 0 Å². The average molecular weight is 653 g/mol. The highest BCUT2D eigenvalue weighted by Gasteiger charge is 2.61. The predicted octanol–water partition coefficient (Wildman–Crippen LogP) is 2.24. The quantitative estimate of drug-likeness (QED) is 0.116. The first-order valence-electron chi connectivity index (χ1n) is 13.7. The second-order valence-electron chi connectivity index (χ2n) is 10.7. The van der Waals surface area contributed by atoms with E-state index < -0.39 is 68.5 Å². The number of carbonyl (C=O) groups is 1. The van der Waals surface area contributed by atoms with Crippen molar-refractivity contribution >= 4 is 41.6 Å². The van der Waals surface area contributed by atoms with Gasteiger partial charge in [0.2, 0.25) is 5.95 Å². The Morgan fingerprint density at radius 3 is 2.64 bits per heavy atom. The number of hydrogen-bond donors (Lipinski definition) is 5. The number of nitrogens with two attached hydrogens (primary N) is 1. The number of ether oxygens (including phenoxy) is 2. The fraction of sp³-hybridized carbons (Fsp3) is 0.407. The smallest absolute Gasteiger partial charge is 0.459 e. The number of aliphatic hydroxyl groups is 2. The molecule has 6 N–H and O–H groups in total. The zero-order valence-corrected chi connectivity index (χ0v) is 25.1. The second kappa shape index (κ2) is 12.4. The summed E-state index contributed by atoms with van der Waals surface area (Å²) in [5, 5.41) is 25.4. The molecule has 15 nitrogen and oxygen atoms in total. The number of fused-ring (bicyclic) bond motifs is 2. The number of esters is 1. The van der Waals surface area contributed by atoms with Crippen LogP contribution in [-0.4, -0.2) is 78.7 Å². The van der Waals surface area contributed by atoms with Crippen LogP contribution in [0.5, 0.6) is 5.75 Å². The fourth-order valence-corrected chi connectivity index (χ4v) is 6.38. The summed E-state index contributed by atoms with van der Waals surface area (Å²) in [6.07, 6.45) is -9.18. The molecule has 1 aliphatic rings. The van der Waals surface area contributed by atoms with E-state index in [1.54, 1.807) is 50.2 Å². The van der Waals surface area contributed by atoms with Crippen molar-refractivity contribution in [2.45, 2.75) is 63.4 Å². The number of rotatable bonds is 11. The zero-order valence-electron chi connectivity index (χ0n) is 24.2. The molecule has 2 aromatic heterocycles. The summed E-state index contributed by atoms with van der Waals surface area (Å²) in [6, 6.07) is 10.4. The van der Waals surface area contributed by atoms with Gasteiger partial charge in [-0.2, -0.15) is 10.1 Å². The van der Waals surface area contributed by atoms with E-state index in [2.05, 4.69) is 20.0 Å². The Kier molecular flexibility index (Phi) is 8.95. The van der Waals surface area contributed by atoms with Crippen LogP contribution in [0.15, 0.2) is 53.6 Å². The number of nitrogens with one attached hydrogen (secondary N) is 2. The van der Waals surface area contributed by atoms with E-state index in [0.717, 1.165) is 10.9 Å². The van der Waals surface area contributed by atoms with Crippen molar-refractivity contribution in [2.24, 2.45) is 0 Å². The van der Waals surface area contributed by atoms with Gasteiger partial charge >= 0.3 is 13.7 Å². The summed E-state index contributed by atoms with van der Waals surface area (Å²) in [6.45, 7) is 3.21. The molecule has 2 aromatic carbocycles. The number of anilines is 1. The number of imidazole rings is 1. The van der Waals surface area contributed by atoms with Crippen molar-refractivity contribution in [1.82, 2.24) is 24.6 Å². The highest BCUT2D eigenvalue weighted by atomic mass is 31.2. The number of halogens is 2. The molecular formula is C27H31F2N6O9P. The highest BCUT2D eigenvalue weighted by Crippen LogP contribution is 2.50. The number of benzene rings is 2. The van der Waals surface area contributed by atoms with Gasteiger partial charge < -0.3 is 29.9 Å². The van der Waals surface area contributed by atoms with Crippen molar-refractivity contribution < 1.29 is 46.9 Å². The number of H-pyrrole nitrogens is 1. The molecule has 0 aliphatic carbocycles. The monoisotopic (exact) mass is 652 g/mol. The molecule has 4 aromatic rings. The number of nitrogens with zero attached hydrogens (tertiary/aromatic N) is 3. The van der Waals surface area contributed by atoms with Crippen molar-refractivity contribution in [2.75, 3.05) is 12.3 Å². The molecular weight excluding hydrogens is 621 g/mol. The van der Waals surface area contributed by atoms with Gasteiger partial charge in [0.15, 0.2) is 23.0 Å². The lowest BCUT2D eigenvalue weighted by Gasteiger charge is -2.32. The summed E-state index contributed by atoms with van der Waals surface area (Å²) in [4.78, 5) is 34.8. The molecule has 5 rings (SSSR count). The van der Waals surface area contributed by atoms with Crippen molar-refractivity contribution in [3.8, 4) is 5.75 Å². The molecule has 0 radical (unpaired) electrons. The summed E-state index contributed by atoms with van der Waals surface area (Å²) in [7, 11) is -4.76. The minimum absolute atomic E-state index is 0.0315. The SMILES string of the molecule is CC(C)OC(=O)[C@H](C)NP(=O)(OC[C@@]1(C(F)F)O[C@@H](n2cnc3c(=O)[nH]c(N)nc32)[C@H](O)[C@H]1O)Oc1cccc2ccccc12. The average Bonchev–Trinajstić information content (AvgIpc) is 3.51. The summed E-state index contributed by atoms with van der Waals surface area (Å²) in [5.41, 5.74) is 1.42. The van der Waals surface area contributed by atoms with Crippen molar-refractivity contribution in [3.05, 3.63) is 59.1 Å². The third-order valence-corrected chi connectivity index (χ3v) is 8.65. The molecule has 1 saturated heterocycles. The Bertz CT molecular complexity index is 1820. The first kappa shape index (κ1) is 32.4. The van der Waals surface area contributed by atoms with Gasteiger partial charge in [-0.15, -0.1) is 0 Å². The molecule has 1 fully saturated rings. The maximum Gasteiger partial charge on any atom is 0.459 e. The molecule has 242 valence electrons. The zero-order chi connectivity index (χ0) is 32.7. The normalized spacial score (nSPS) is 23.9. The predicted molar refractivity (Wildman–Crippen MR) is 155 cm³/mol. The third-order valence-electron chi connectivity index (χ3n) is 7.04. The van der Waals surface area contributed by atoms with Gasteiger partial charge in [-0.1, -0.05) is 36.4 Å². The standard InChI is InChI=1S/C27H31F2N6O9P/c1-13(2)42-24(39)14(3)34-45(40,44-17-10-6-8-15-7-4-5-9-16(15)17)41-11-27(25(28)29)20(37)19(36)23(43-27)35-12-31-18-21(35)32-26(30)33-22(18)38/h4-10,12-14,19-20,23,25,36-37H,11H2,1-3H3,(H,34,40)(H3,30,32,33,38)/t14-,19+,20+,23+,27+,45?/m0/s1. The van der Waals surface area contributed by atoms with Crippen LogP contribution in [0.1, 0.15) is 27.0 Å². The lowest BCUT2D eigenvalue weighted by Crippen LogP contribution is -2.53. The molecule has 0 saturated carbocycles. The molecule has 1 unspecified atom stereocenters. The van der Waals surface area contributed by atoms with Crippen LogP contribution in [0.3, 0.4) is 0 Å². The largest absolute Gasteiger partial charge is 0.462 e. The van der Waals surface area contributed by atoms with E-state index in [1.807, 2.05) is 0 Å². The lowest BCUT2D eigenvalue weighted by molar-refractivity contribution is -0.191. The van der Waals surface area contributed by atoms with Gasteiger partial charge in [-0.25, -0.2) is 18.3 Å². The van der Waals surface area contributed by atoms with E-state index in [0.29, 0.717) is 10.8 Å². The van der Waals surface area contributed by atoms with E-state index in [9.17, 15) is 33.1 Å². The molecule has 45 heavy (non-hydrogen) atoms. The van der Waals surface area contributed by atoms with Crippen LogP contribution in [0.4, 0.5) is 14.7 Å². The lowest BCUT2D eigenvalue weighted by atomic mass is 9.96. The molecule has 0 amide bonds. The Morgan fingerprint density at radius 1 is 1.22 bits per heavy atom. The topological polar surface area (TPSA) is 213 Å². The van der Waals surface area contributed by atoms with Crippen LogP contribution >= 0.6 is 7.75 Å². The molecule has 18 heteroatoms. The number of carbonyl (C=O) groups excluding carboxylic acids is 1. The number of aromatic amines is 1. The number of hydrogen-bond acceptors (Lipinski definition) is 12. The van der Waals surface area contributed by atoms with Gasteiger partial charge in [0.25, 0.3) is 12.0 Å². The molecule has 6 atom stereocenters. The molecule has 0 spiro atoms. The number of nitrogen functional groups attached to an aromatic ring is 1. The minimum atomic E-state index is -4.76. The maximum absolute atomic E-state index is 14.8. The van der Waals surface area contributed by atoms with Crippen molar-refractivity contribution in [1.29, 1.82) is 0 Å². The van der Waals surface area contributed by atoms with Gasteiger partial charge in [-0.05, 0) is 32.2 Å². The summed E-state index contributed by atoms with van der Waals surface area (Å²) in [5.74, 6) is -1.13. The van der Waals surface area contributed by atoms with E-state index in [-0.39, 0.29) is 22.9 Å². The number of alkyl halides is 2. The van der Waals surface area contributed by atoms with Crippen LogP contribution in [-0.2, 0) is 23.4 Å². The Labute approximate surface area is 253 Å². The van der Waals surface area contributed by atoms with Gasteiger partial charge in [-0.3, -0.25) is 23.7 Å². The number of aromatic nitrogens is 4. The summed E-state index contributed by atoms with van der Waals surface area (Å²) >= 11 is 0. The Morgan fingerprint density at radius 2 is 1.93 bits per heavy atom. The Balaban J connectivity index is 1.48. The molecule has 0 bridgehead atoms. The minimum Gasteiger partial charge on any atom is -0.462 e. The second-order valence-corrected chi connectivity index (χ2v) is 12.3. The van der Waals surface area contributed by atoms with Crippen LogP contribution in [0.2, 0.25) is 0 Å². The first-order valence-corrected chi connectivity index (χ1v) is 15.2. The van der Waals surface area contributed by atoms with Gasteiger partial charge in [0, 0.05) is 5.39 Å². The Hall–Kier alpha value is -3.99. The van der Waals surface area contributed by atoms with Crippen molar-refractivity contribution in [3.63, 3.8) is 0 Å². The van der Waals surface area contributed by atoms with E-state index in [4.69, 9.17) is 24.3 Å². The van der Waals surface area contributed by atoms with Gasteiger partial charge in [0.1, 0.15) is 24.0 Å². The third kappa shape index (κ3) is 6.27. The summed E-state index contributed by atoms with van der Waals surface area (Å²) < 4.78 is 66.7.